The Balaban J connectivity index is 1.90. The van der Waals surface area contributed by atoms with Gasteiger partial charge in [0.15, 0.2) is 0 Å². The summed E-state index contributed by atoms with van der Waals surface area (Å²) in [7, 11) is 0. The molecule has 6 heteroatoms. The molecule has 1 unspecified atom stereocenters. The van der Waals surface area contributed by atoms with E-state index in [0.29, 0.717) is 0 Å². The maximum atomic E-state index is 12.5. The molecular formula is C14H18F3NO2. The summed E-state index contributed by atoms with van der Waals surface area (Å²) >= 11 is 0. The highest BCUT2D eigenvalue weighted by Crippen LogP contribution is 2.31. The Bertz CT molecular complexity index is 431. The number of hydrogen-bond donors (Lipinski definition) is 2. The zero-order valence-corrected chi connectivity index (χ0v) is 11.0. The molecule has 0 saturated carbocycles. The molecule has 1 atom stereocenters. The number of aliphatic hydroxyl groups excluding tert-OH is 1. The van der Waals surface area contributed by atoms with Crippen molar-refractivity contribution >= 4 is 0 Å². The first-order chi connectivity index (χ1) is 9.47. The Morgan fingerprint density at radius 1 is 1.30 bits per heavy atom. The van der Waals surface area contributed by atoms with E-state index in [1.54, 1.807) is 0 Å². The first kappa shape index (κ1) is 15.1. The lowest BCUT2D eigenvalue weighted by Crippen LogP contribution is -2.36. The van der Waals surface area contributed by atoms with Crippen molar-refractivity contribution in [2.45, 2.75) is 25.1 Å². The van der Waals surface area contributed by atoms with Crippen LogP contribution in [-0.4, -0.2) is 30.9 Å². The zero-order valence-electron chi connectivity index (χ0n) is 11.0. The third-order valence-electron chi connectivity index (χ3n) is 3.51. The molecule has 2 N–H and O–H groups in total. The molecule has 0 aromatic heterocycles. The number of benzene rings is 1. The number of hydrogen-bond acceptors (Lipinski definition) is 3. The van der Waals surface area contributed by atoms with Gasteiger partial charge in [0.2, 0.25) is 0 Å². The molecule has 1 heterocycles. The average molecular weight is 289 g/mol. The van der Waals surface area contributed by atoms with E-state index in [9.17, 15) is 18.3 Å². The molecule has 1 aromatic carbocycles. The number of ether oxygens (including phenoxy) is 1. The van der Waals surface area contributed by atoms with Gasteiger partial charge in [0.1, 0.15) is 12.4 Å². The van der Waals surface area contributed by atoms with Gasteiger partial charge < -0.3 is 15.2 Å². The fraction of sp³-hybridized carbons (Fsp3) is 0.571. The lowest BCUT2D eigenvalue weighted by Gasteiger charge is -2.27. The monoisotopic (exact) mass is 289 g/mol. The fourth-order valence-corrected chi connectivity index (χ4v) is 2.31. The summed E-state index contributed by atoms with van der Waals surface area (Å²) in [6.07, 6.45) is -3.32. The van der Waals surface area contributed by atoms with Gasteiger partial charge in [-0.15, -0.1) is 0 Å². The number of nitrogens with one attached hydrogen (secondary N) is 1. The average Bonchev–Trinajstić information content (AvgIpc) is 2.45. The summed E-state index contributed by atoms with van der Waals surface area (Å²) in [5.74, 6) is 0.273. The summed E-state index contributed by atoms with van der Waals surface area (Å²) in [6.45, 7) is 1.72. The molecule has 0 amide bonds. The van der Waals surface area contributed by atoms with E-state index in [1.165, 1.54) is 12.1 Å². The maximum absolute atomic E-state index is 12.5. The molecule has 2 rings (SSSR count). The minimum Gasteiger partial charge on any atom is -0.491 e. The van der Waals surface area contributed by atoms with Crippen LogP contribution in [0.2, 0.25) is 0 Å². The normalized spacial score (nSPS) is 18.8. The van der Waals surface area contributed by atoms with E-state index < -0.39 is 17.8 Å². The molecule has 0 aliphatic carbocycles. The number of aliphatic hydroxyl groups is 1. The minimum absolute atomic E-state index is 0.0198. The van der Waals surface area contributed by atoms with Crippen LogP contribution in [0.25, 0.3) is 0 Å². The van der Waals surface area contributed by atoms with Crippen LogP contribution in [0.4, 0.5) is 13.2 Å². The van der Waals surface area contributed by atoms with E-state index in [1.807, 2.05) is 0 Å². The molecule has 1 aromatic rings. The van der Waals surface area contributed by atoms with Gasteiger partial charge in [-0.05, 0) is 50.0 Å². The second-order valence-electron chi connectivity index (χ2n) is 4.99. The van der Waals surface area contributed by atoms with Crippen LogP contribution in [0.5, 0.6) is 5.75 Å². The van der Waals surface area contributed by atoms with Gasteiger partial charge in [-0.1, -0.05) is 6.07 Å². The van der Waals surface area contributed by atoms with Gasteiger partial charge in [-0.25, -0.2) is 0 Å². The molecule has 20 heavy (non-hydrogen) atoms. The zero-order chi connectivity index (χ0) is 14.6. The van der Waals surface area contributed by atoms with Crippen LogP contribution in [0.3, 0.4) is 0 Å². The van der Waals surface area contributed by atoms with Gasteiger partial charge in [0.25, 0.3) is 0 Å². The molecule has 1 fully saturated rings. The van der Waals surface area contributed by atoms with Crippen LogP contribution in [-0.2, 0) is 6.18 Å². The molecule has 1 aliphatic heterocycles. The van der Waals surface area contributed by atoms with E-state index in [-0.39, 0.29) is 18.3 Å². The van der Waals surface area contributed by atoms with Crippen molar-refractivity contribution in [1.29, 1.82) is 0 Å². The van der Waals surface area contributed by atoms with Gasteiger partial charge in [-0.3, -0.25) is 0 Å². The smallest absolute Gasteiger partial charge is 0.416 e. The molecule has 0 spiro atoms. The highest BCUT2D eigenvalue weighted by Gasteiger charge is 2.30. The molecule has 0 radical (unpaired) electrons. The van der Waals surface area contributed by atoms with Crippen molar-refractivity contribution < 1.29 is 23.0 Å². The first-order valence-corrected chi connectivity index (χ1v) is 6.65. The molecule has 3 nitrogen and oxygen atoms in total. The van der Waals surface area contributed by atoms with Gasteiger partial charge >= 0.3 is 6.18 Å². The maximum Gasteiger partial charge on any atom is 0.416 e. The van der Waals surface area contributed by atoms with Crippen molar-refractivity contribution in [2.24, 2.45) is 5.92 Å². The van der Waals surface area contributed by atoms with Crippen molar-refractivity contribution in [1.82, 2.24) is 5.32 Å². The van der Waals surface area contributed by atoms with Crippen molar-refractivity contribution in [3.05, 3.63) is 29.8 Å². The molecule has 1 aliphatic rings. The van der Waals surface area contributed by atoms with E-state index in [4.69, 9.17) is 4.74 Å². The SMILES string of the molecule is OC(COc1cccc(C(F)(F)F)c1)C1CCNCC1. The largest absolute Gasteiger partial charge is 0.491 e. The second-order valence-corrected chi connectivity index (χ2v) is 4.99. The minimum atomic E-state index is -4.38. The third kappa shape index (κ3) is 4.11. The second kappa shape index (κ2) is 6.45. The summed E-state index contributed by atoms with van der Waals surface area (Å²) in [5, 5.41) is 13.2. The van der Waals surface area contributed by atoms with Crippen molar-refractivity contribution in [2.75, 3.05) is 19.7 Å². The van der Waals surface area contributed by atoms with Crippen molar-refractivity contribution in [3.63, 3.8) is 0 Å². The van der Waals surface area contributed by atoms with Gasteiger partial charge in [0, 0.05) is 0 Å². The molecule has 1 saturated heterocycles. The van der Waals surface area contributed by atoms with E-state index >= 15 is 0 Å². The quantitative estimate of drug-likeness (QED) is 0.894. The predicted octanol–water partition coefficient (Wildman–Crippen LogP) is 2.44. The van der Waals surface area contributed by atoms with Crippen LogP contribution in [0.15, 0.2) is 24.3 Å². The summed E-state index contributed by atoms with van der Waals surface area (Å²) in [5.41, 5.74) is -0.744. The number of alkyl halides is 3. The lowest BCUT2D eigenvalue weighted by molar-refractivity contribution is -0.137. The Morgan fingerprint density at radius 2 is 2.00 bits per heavy atom. The van der Waals surface area contributed by atoms with E-state index in [0.717, 1.165) is 38.1 Å². The fourth-order valence-electron chi connectivity index (χ4n) is 2.31. The highest BCUT2D eigenvalue weighted by molar-refractivity contribution is 5.30. The standard InChI is InChI=1S/C14H18F3NO2/c15-14(16,17)11-2-1-3-12(8-11)20-9-13(19)10-4-6-18-7-5-10/h1-3,8,10,13,18-19H,4-7,9H2. The van der Waals surface area contributed by atoms with Gasteiger partial charge in [0.05, 0.1) is 11.7 Å². The van der Waals surface area contributed by atoms with Gasteiger partial charge in [-0.2, -0.15) is 13.2 Å². The molecule has 0 bridgehead atoms. The number of rotatable bonds is 4. The Hall–Kier alpha value is -1.27. The predicted molar refractivity (Wildman–Crippen MR) is 68.5 cm³/mol. The van der Waals surface area contributed by atoms with Crippen molar-refractivity contribution in [3.8, 4) is 5.75 Å². The van der Waals surface area contributed by atoms with Crippen LogP contribution >= 0.6 is 0 Å². The summed E-state index contributed by atoms with van der Waals surface area (Å²) in [4.78, 5) is 0. The summed E-state index contributed by atoms with van der Waals surface area (Å²) < 4.78 is 42.9. The topological polar surface area (TPSA) is 41.5 Å². The Morgan fingerprint density at radius 3 is 2.65 bits per heavy atom. The first-order valence-electron chi connectivity index (χ1n) is 6.65. The van der Waals surface area contributed by atoms with Crippen LogP contribution < -0.4 is 10.1 Å². The summed E-state index contributed by atoms with van der Waals surface area (Å²) in [6, 6.07) is 4.71. The lowest BCUT2D eigenvalue weighted by atomic mass is 9.93. The highest BCUT2D eigenvalue weighted by atomic mass is 19.4. The third-order valence-corrected chi connectivity index (χ3v) is 3.51. The number of halogens is 3. The number of piperidine rings is 1. The van der Waals surface area contributed by atoms with Crippen LogP contribution in [0, 0.1) is 5.92 Å². The molecule has 112 valence electrons. The Kier molecular flexibility index (Phi) is 4.88. The van der Waals surface area contributed by atoms with E-state index in [2.05, 4.69) is 5.32 Å². The van der Waals surface area contributed by atoms with Crippen LogP contribution in [0.1, 0.15) is 18.4 Å². The molecular weight excluding hydrogens is 271 g/mol. The Labute approximate surface area is 115 Å².